The number of benzene rings is 2. The molecule has 2 N–H and O–H groups in total. The fraction of sp³-hybridized carbons (Fsp3) is 0.368. The lowest BCUT2D eigenvalue weighted by Gasteiger charge is -2.39. The fourth-order valence-electron chi connectivity index (χ4n) is 3.65. The van der Waals surface area contributed by atoms with E-state index in [0.29, 0.717) is 13.1 Å². The summed E-state index contributed by atoms with van der Waals surface area (Å²) >= 11 is 0. The highest BCUT2D eigenvalue weighted by Crippen LogP contribution is 2.37. The van der Waals surface area contributed by atoms with Crippen molar-refractivity contribution in [3.63, 3.8) is 0 Å². The van der Waals surface area contributed by atoms with Crippen molar-refractivity contribution in [3.05, 3.63) is 59.9 Å². The Bertz CT molecular complexity index is 706. The van der Waals surface area contributed by atoms with Gasteiger partial charge in [0.1, 0.15) is 5.82 Å². The van der Waals surface area contributed by atoms with Gasteiger partial charge in [0.25, 0.3) is 0 Å². The Labute approximate surface area is 141 Å². The Morgan fingerprint density at radius 2 is 1.92 bits per heavy atom. The van der Waals surface area contributed by atoms with E-state index in [1.165, 1.54) is 12.1 Å². The van der Waals surface area contributed by atoms with E-state index >= 15 is 0 Å². The smallest absolute Gasteiger partial charge is 0.158 e. The van der Waals surface area contributed by atoms with Crippen LogP contribution < -0.4 is 10.2 Å². The first kappa shape index (κ1) is 15.4. The third-order valence-electron chi connectivity index (χ3n) is 4.83. The number of aliphatic hydroxyl groups excluding tert-OH is 1. The van der Waals surface area contributed by atoms with Gasteiger partial charge in [-0.1, -0.05) is 24.3 Å². The molecule has 1 unspecified atom stereocenters. The summed E-state index contributed by atoms with van der Waals surface area (Å²) in [5, 5.41) is 13.6. The summed E-state index contributed by atoms with van der Waals surface area (Å²) in [6.45, 7) is 2.33. The molecule has 0 radical (unpaired) electrons. The molecule has 1 fully saturated rings. The summed E-state index contributed by atoms with van der Waals surface area (Å²) in [4.78, 5) is 4.58. The Morgan fingerprint density at radius 3 is 2.71 bits per heavy atom. The van der Waals surface area contributed by atoms with Crippen molar-refractivity contribution in [2.24, 2.45) is 0 Å². The standard InChI is InChI=1S/C19H22FN3O/c20-15-9-7-14(8-10-15)12-23-18-6-2-1-5-17(18)21-19(23)22-11-3-4-16(24)13-22/h1-2,5-10,16,19,21,24H,3-4,11-13H2/t16-,19?/m0/s1. The number of piperidine rings is 1. The van der Waals surface area contributed by atoms with Crippen LogP contribution in [0, 0.1) is 5.82 Å². The van der Waals surface area contributed by atoms with Crippen LogP contribution in [0.4, 0.5) is 15.8 Å². The van der Waals surface area contributed by atoms with Gasteiger partial charge in [-0.25, -0.2) is 4.39 Å². The van der Waals surface area contributed by atoms with Crippen LogP contribution >= 0.6 is 0 Å². The van der Waals surface area contributed by atoms with Gasteiger partial charge in [-0.05, 0) is 42.7 Å². The van der Waals surface area contributed by atoms with Crippen molar-refractivity contribution in [3.8, 4) is 0 Å². The molecule has 126 valence electrons. The second-order valence-electron chi connectivity index (χ2n) is 6.58. The van der Waals surface area contributed by atoms with Crippen LogP contribution in [0.2, 0.25) is 0 Å². The van der Waals surface area contributed by atoms with Gasteiger partial charge in [-0.2, -0.15) is 0 Å². The molecule has 24 heavy (non-hydrogen) atoms. The third kappa shape index (κ3) is 2.97. The second kappa shape index (κ2) is 6.42. The van der Waals surface area contributed by atoms with E-state index < -0.39 is 0 Å². The van der Waals surface area contributed by atoms with E-state index in [1.54, 1.807) is 0 Å². The molecule has 0 aromatic heterocycles. The number of nitrogens with one attached hydrogen (secondary N) is 1. The minimum absolute atomic E-state index is 0.0161. The average molecular weight is 327 g/mol. The number of para-hydroxylation sites is 2. The molecule has 2 aliphatic rings. The molecule has 0 bridgehead atoms. The van der Waals surface area contributed by atoms with Crippen LogP contribution in [0.1, 0.15) is 18.4 Å². The maximum Gasteiger partial charge on any atom is 0.158 e. The van der Waals surface area contributed by atoms with Crippen LogP contribution in [0.25, 0.3) is 0 Å². The monoisotopic (exact) mass is 327 g/mol. The van der Waals surface area contributed by atoms with Crippen molar-refractivity contribution < 1.29 is 9.50 Å². The molecule has 2 aliphatic heterocycles. The normalized spacial score (nSPS) is 23.8. The van der Waals surface area contributed by atoms with Gasteiger partial charge < -0.3 is 15.3 Å². The molecule has 0 amide bonds. The molecule has 0 spiro atoms. The minimum Gasteiger partial charge on any atom is -0.392 e. The first-order chi connectivity index (χ1) is 11.7. The lowest BCUT2D eigenvalue weighted by Crippen LogP contribution is -2.54. The molecule has 2 atom stereocenters. The maximum atomic E-state index is 13.2. The number of aliphatic hydroxyl groups is 1. The highest BCUT2D eigenvalue weighted by molar-refractivity contribution is 5.75. The molecular formula is C19H22FN3O. The quantitative estimate of drug-likeness (QED) is 0.909. The highest BCUT2D eigenvalue weighted by Gasteiger charge is 2.35. The lowest BCUT2D eigenvalue weighted by atomic mass is 10.1. The number of fused-ring (bicyclic) bond motifs is 1. The summed E-state index contributed by atoms with van der Waals surface area (Å²) in [6, 6.07) is 14.9. The predicted octanol–water partition coefficient (Wildman–Crippen LogP) is 3.00. The lowest BCUT2D eigenvalue weighted by molar-refractivity contribution is 0.0528. The molecule has 1 saturated heterocycles. The van der Waals surface area contributed by atoms with Crippen molar-refractivity contribution in [1.82, 2.24) is 4.90 Å². The third-order valence-corrected chi connectivity index (χ3v) is 4.83. The van der Waals surface area contributed by atoms with Crippen LogP contribution in [0.3, 0.4) is 0 Å². The maximum absolute atomic E-state index is 13.2. The summed E-state index contributed by atoms with van der Waals surface area (Å²) in [5.41, 5.74) is 3.31. The molecule has 2 aromatic carbocycles. The van der Waals surface area contributed by atoms with Crippen LogP contribution in [-0.4, -0.2) is 35.5 Å². The second-order valence-corrected chi connectivity index (χ2v) is 6.58. The topological polar surface area (TPSA) is 38.7 Å². The number of hydrogen-bond acceptors (Lipinski definition) is 4. The van der Waals surface area contributed by atoms with Gasteiger partial charge in [-0.15, -0.1) is 0 Å². The van der Waals surface area contributed by atoms with Crippen molar-refractivity contribution >= 4 is 11.4 Å². The molecule has 2 heterocycles. The molecular weight excluding hydrogens is 305 g/mol. The molecule has 5 heteroatoms. The average Bonchev–Trinajstić information content (AvgIpc) is 2.96. The summed E-state index contributed by atoms with van der Waals surface area (Å²) in [5.74, 6) is -0.214. The minimum atomic E-state index is -0.267. The van der Waals surface area contributed by atoms with E-state index in [2.05, 4.69) is 27.2 Å². The molecule has 4 nitrogen and oxygen atoms in total. The number of β-amino-alcohol motifs (C(OH)–C–C–N with tert-alkyl or cyclic N) is 1. The van der Waals surface area contributed by atoms with Gasteiger partial charge in [0.2, 0.25) is 0 Å². The first-order valence-electron chi connectivity index (χ1n) is 8.49. The van der Waals surface area contributed by atoms with Gasteiger partial charge in [0.15, 0.2) is 6.29 Å². The zero-order valence-electron chi connectivity index (χ0n) is 13.5. The summed E-state index contributed by atoms with van der Waals surface area (Å²) < 4.78 is 13.2. The Morgan fingerprint density at radius 1 is 1.12 bits per heavy atom. The van der Waals surface area contributed by atoms with Gasteiger partial charge in [0, 0.05) is 19.6 Å². The number of hydrogen-bond donors (Lipinski definition) is 2. The van der Waals surface area contributed by atoms with Gasteiger partial charge >= 0.3 is 0 Å². The number of likely N-dealkylation sites (tertiary alicyclic amines) is 1. The Balaban J connectivity index is 1.62. The van der Waals surface area contributed by atoms with E-state index in [0.717, 1.165) is 36.3 Å². The van der Waals surface area contributed by atoms with E-state index in [-0.39, 0.29) is 18.2 Å². The number of rotatable bonds is 3. The van der Waals surface area contributed by atoms with Crippen molar-refractivity contribution in [1.29, 1.82) is 0 Å². The molecule has 0 aliphatic carbocycles. The number of halogens is 1. The molecule has 2 aromatic rings. The highest BCUT2D eigenvalue weighted by atomic mass is 19.1. The first-order valence-corrected chi connectivity index (χ1v) is 8.49. The largest absolute Gasteiger partial charge is 0.392 e. The van der Waals surface area contributed by atoms with Crippen LogP contribution in [0.15, 0.2) is 48.5 Å². The summed E-state index contributed by atoms with van der Waals surface area (Å²) in [6.07, 6.45) is 1.62. The van der Waals surface area contributed by atoms with Gasteiger partial charge in [0.05, 0.1) is 17.5 Å². The molecule has 0 saturated carbocycles. The van der Waals surface area contributed by atoms with Gasteiger partial charge in [-0.3, -0.25) is 4.90 Å². The molecule has 4 rings (SSSR count). The summed E-state index contributed by atoms with van der Waals surface area (Å²) in [7, 11) is 0. The Kier molecular flexibility index (Phi) is 4.12. The van der Waals surface area contributed by atoms with E-state index in [1.807, 2.05) is 24.3 Å². The fourth-order valence-corrected chi connectivity index (χ4v) is 3.65. The zero-order valence-corrected chi connectivity index (χ0v) is 13.5. The number of nitrogens with zero attached hydrogens (tertiary/aromatic N) is 2. The number of anilines is 2. The van der Waals surface area contributed by atoms with E-state index in [4.69, 9.17) is 0 Å². The Hall–Kier alpha value is -2.11. The predicted molar refractivity (Wildman–Crippen MR) is 93.2 cm³/mol. The van der Waals surface area contributed by atoms with Crippen molar-refractivity contribution in [2.45, 2.75) is 31.8 Å². The zero-order chi connectivity index (χ0) is 16.5. The van der Waals surface area contributed by atoms with Crippen LogP contribution in [0.5, 0.6) is 0 Å². The van der Waals surface area contributed by atoms with Crippen LogP contribution in [-0.2, 0) is 6.54 Å². The van der Waals surface area contributed by atoms with Crippen molar-refractivity contribution in [2.75, 3.05) is 23.3 Å². The SMILES string of the molecule is O[C@H]1CCCN(C2Nc3ccccc3N2Cc2ccc(F)cc2)C1. The van der Waals surface area contributed by atoms with E-state index in [9.17, 15) is 9.50 Å².